The molecule has 1 aliphatic rings. The summed E-state index contributed by atoms with van der Waals surface area (Å²) >= 11 is 7.81. The SMILES string of the molecule is O=C(O)c1ccc(N(CCC2CCCCC2)c2nc(-c3cc(Cl)ccc3OCc3ccc(C(F)(F)F)cc3)cs2)cc1. The summed E-state index contributed by atoms with van der Waals surface area (Å²) in [7, 11) is 0. The predicted octanol–water partition coefficient (Wildman–Crippen LogP) is 9.87. The second-order valence-corrected chi connectivity index (χ2v) is 11.7. The lowest BCUT2D eigenvalue weighted by atomic mass is 9.87. The van der Waals surface area contributed by atoms with E-state index in [1.54, 1.807) is 30.3 Å². The number of halogens is 4. The molecule has 0 atom stereocenters. The number of alkyl halides is 3. The Bertz CT molecular complexity index is 1500. The summed E-state index contributed by atoms with van der Waals surface area (Å²) in [4.78, 5) is 18.5. The first-order valence-corrected chi connectivity index (χ1v) is 15.1. The average molecular weight is 615 g/mol. The quantitative estimate of drug-likeness (QED) is 0.193. The van der Waals surface area contributed by atoms with Gasteiger partial charge in [-0.2, -0.15) is 13.2 Å². The molecule has 1 aromatic heterocycles. The van der Waals surface area contributed by atoms with E-state index in [0.717, 1.165) is 35.9 Å². The smallest absolute Gasteiger partial charge is 0.416 e. The zero-order valence-electron chi connectivity index (χ0n) is 22.7. The van der Waals surface area contributed by atoms with Crippen LogP contribution >= 0.6 is 22.9 Å². The largest absolute Gasteiger partial charge is 0.488 e. The Morgan fingerprint density at radius 2 is 1.74 bits per heavy atom. The van der Waals surface area contributed by atoms with Crippen molar-refractivity contribution in [3.8, 4) is 17.0 Å². The van der Waals surface area contributed by atoms with Crippen LogP contribution in [0, 0.1) is 5.92 Å². The zero-order valence-corrected chi connectivity index (χ0v) is 24.3. The fourth-order valence-corrected chi connectivity index (χ4v) is 6.24. The van der Waals surface area contributed by atoms with Crippen LogP contribution in [0.4, 0.5) is 24.0 Å². The van der Waals surface area contributed by atoms with Crippen LogP contribution in [0.15, 0.2) is 72.1 Å². The molecule has 0 spiro atoms. The standard InChI is InChI=1S/C32H30ClF3N2O3S/c33-25-12-15-29(41-19-22-6-10-24(11-7-22)32(34,35)36)27(18-25)28-20-42-31(37-28)38(17-16-21-4-2-1-3-5-21)26-13-8-23(9-14-26)30(39)40/h6-15,18,20-21H,1-5,16-17,19H2,(H,39,40). The minimum Gasteiger partial charge on any atom is -0.488 e. The first-order chi connectivity index (χ1) is 20.2. The van der Waals surface area contributed by atoms with Crippen LogP contribution < -0.4 is 9.64 Å². The predicted molar refractivity (Wildman–Crippen MR) is 160 cm³/mol. The number of benzene rings is 3. The van der Waals surface area contributed by atoms with Gasteiger partial charge in [0.1, 0.15) is 12.4 Å². The van der Waals surface area contributed by atoms with Gasteiger partial charge in [-0.15, -0.1) is 11.3 Å². The van der Waals surface area contributed by atoms with Crippen molar-refractivity contribution >= 4 is 39.7 Å². The van der Waals surface area contributed by atoms with Crippen LogP contribution in [-0.4, -0.2) is 22.6 Å². The van der Waals surface area contributed by atoms with Gasteiger partial charge in [-0.05, 0) is 72.5 Å². The van der Waals surface area contributed by atoms with E-state index in [1.165, 1.54) is 55.6 Å². The number of anilines is 2. The van der Waals surface area contributed by atoms with E-state index >= 15 is 0 Å². The highest BCUT2D eigenvalue weighted by molar-refractivity contribution is 7.14. The second kappa shape index (κ2) is 13.2. The molecule has 0 amide bonds. The van der Waals surface area contributed by atoms with Gasteiger partial charge in [0, 0.05) is 28.2 Å². The first-order valence-electron chi connectivity index (χ1n) is 13.8. The van der Waals surface area contributed by atoms with Crippen molar-refractivity contribution in [3.05, 3.63) is 93.8 Å². The molecule has 1 heterocycles. The van der Waals surface area contributed by atoms with Gasteiger partial charge in [0.2, 0.25) is 0 Å². The molecular weight excluding hydrogens is 585 g/mol. The molecule has 1 saturated carbocycles. The number of ether oxygens (including phenoxy) is 1. The number of aromatic nitrogens is 1. The molecule has 0 radical (unpaired) electrons. The van der Waals surface area contributed by atoms with Crippen molar-refractivity contribution in [1.29, 1.82) is 0 Å². The van der Waals surface area contributed by atoms with E-state index in [-0.39, 0.29) is 12.2 Å². The van der Waals surface area contributed by atoms with Gasteiger partial charge < -0.3 is 14.7 Å². The molecule has 42 heavy (non-hydrogen) atoms. The van der Waals surface area contributed by atoms with Gasteiger partial charge in [-0.25, -0.2) is 9.78 Å². The Kier molecular flexibility index (Phi) is 9.38. The molecule has 1 aliphatic carbocycles. The van der Waals surface area contributed by atoms with Gasteiger partial charge in [-0.3, -0.25) is 0 Å². The molecule has 4 aromatic rings. The molecule has 0 bridgehead atoms. The van der Waals surface area contributed by atoms with Crippen molar-refractivity contribution in [2.45, 2.75) is 51.3 Å². The van der Waals surface area contributed by atoms with Crippen LogP contribution in [0.5, 0.6) is 5.75 Å². The van der Waals surface area contributed by atoms with Gasteiger partial charge in [0.25, 0.3) is 0 Å². The Morgan fingerprint density at radius 3 is 2.40 bits per heavy atom. The fourth-order valence-electron chi connectivity index (χ4n) is 5.20. The molecule has 0 aliphatic heterocycles. The van der Waals surface area contributed by atoms with E-state index in [4.69, 9.17) is 21.3 Å². The fraction of sp³-hybridized carbons (Fsp3) is 0.312. The highest BCUT2D eigenvalue weighted by Gasteiger charge is 2.30. The Hall–Kier alpha value is -3.56. The highest BCUT2D eigenvalue weighted by Crippen LogP contribution is 2.38. The summed E-state index contributed by atoms with van der Waals surface area (Å²) < 4.78 is 44.8. The second-order valence-electron chi connectivity index (χ2n) is 10.4. The monoisotopic (exact) mass is 614 g/mol. The zero-order chi connectivity index (χ0) is 29.7. The maximum Gasteiger partial charge on any atom is 0.416 e. The molecule has 10 heteroatoms. The lowest BCUT2D eigenvalue weighted by Crippen LogP contribution is -2.22. The van der Waals surface area contributed by atoms with E-state index in [9.17, 15) is 23.1 Å². The molecule has 1 N–H and O–H groups in total. The third-order valence-corrected chi connectivity index (χ3v) is 8.63. The van der Waals surface area contributed by atoms with Crippen molar-refractivity contribution < 1.29 is 27.8 Å². The number of rotatable bonds is 10. The van der Waals surface area contributed by atoms with Crippen molar-refractivity contribution in [2.24, 2.45) is 5.92 Å². The number of hydrogen-bond donors (Lipinski definition) is 1. The van der Waals surface area contributed by atoms with Crippen LogP contribution in [-0.2, 0) is 12.8 Å². The molecule has 5 nitrogen and oxygen atoms in total. The van der Waals surface area contributed by atoms with Crippen molar-refractivity contribution in [3.63, 3.8) is 0 Å². The summed E-state index contributed by atoms with van der Waals surface area (Å²) in [5.74, 6) is 0.185. The summed E-state index contributed by atoms with van der Waals surface area (Å²) in [6.07, 6.45) is 2.85. The molecular formula is C32H30ClF3N2O3S. The maximum atomic E-state index is 12.9. The van der Waals surface area contributed by atoms with E-state index < -0.39 is 17.7 Å². The van der Waals surface area contributed by atoms with E-state index in [2.05, 4.69) is 4.90 Å². The average Bonchev–Trinajstić information content (AvgIpc) is 3.47. The van der Waals surface area contributed by atoms with Crippen molar-refractivity contribution in [1.82, 2.24) is 4.98 Å². The molecule has 5 rings (SSSR count). The minimum absolute atomic E-state index is 0.0766. The summed E-state index contributed by atoms with van der Waals surface area (Å²) in [5.41, 5.74) is 2.30. The molecule has 1 fully saturated rings. The lowest BCUT2D eigenvalue weighted by molar-refractivity contribution is -0.137. The number of aromatic carboxylic acids is 1. The number of carboxylic acid groups (broad SMARTS) is 1. The maximum absolute atomic E-state index is 12.9. The topological polar surface area (TPSA) is 62.7 Å². The number of carboxylic acids is 1. The summed E-state index contributed by atoms with van der Waals surface area (Å²) in [5, 5.41) is 12.5. The van der Waals surface area contributed by atoms with Gasteiger partial charge in [0.05, 0.1) is 16.8 Å². The molecule has 3 aromatic carbocycles. The van der Waals surface area contributed by atoms with Crippen LogP contribution in [0.25, 0.3) is 11.3 Å². The first kappa shape index (κ1) is 29.9. The number of hydrogen-bond acceptors (Lipinski definition) is 5. The highest BCUT2D eigenvalue weighted by atomic mass is 35.5. The molecule has 0 saturated heterocycles. The Morgan fingerprint density at radius 1 is 1.02 bits per heavy atom. The Balaban J connectivity index is 1.38. The van der Waals surface area contributed by atoms with E-state index in [0.29, 0.717) is 33.5 Å². The van der Waals surface area contributed by atoms with Gasteiger partial charge in [-0.1, -0.05) is 55.8 Å². The number of thiazole rings is 1. The summed E-state index contributed by atoms with van der Waals surface area (Å²) in [6.45, 7) is 0.823. The van der Waals surface area contributed by atoms with Gasteiger partial charge >= 0.3 is 12.1 Å². The van der Waals surface area contributed by atoms with Crippen LogP contribution in [0.3, 0.4) is 0 Å². The Labute approximate surface area is 251 Å². The van der Waals surface area contributed by atoms with Crippen molar-refractivity contribution in [2.75, 3.05) is 11.4 Å². The molecule has 220 valence electrons. The number of nitrogens with zero attached hydrogens (tertiary/aromatic N) is 2. The normalized spacial score (nSPS) is 14.1. The van der Waals surface area contributed by atoms with Crippen LogP contribution in [0.2, 0.25) is 5.02 Å². The third kappa shape index (κ3) is 7.44. The third-order valence-electron chi connectivity index (χ3n) is 7.53. The number of carbonyl (C=O) groups is 1. The van der Waals surface area contributed by atoms with Gasteiger partial charge in [0.15, 0.2) is 5.13 Å². The van der Waals surface area contributed by atoms with E-state index in [1.807, 2.05) is 17.5 Å². The lowest BCUT2D eigenvalue weighted by Gasteiger charge is -2.27. The molecule has 0 unspecified atom stereocenters. The minimum atomic E-state index is -4.40. The summed E-state index contributed by atoms with van der Waals surface area (Å²) in [6, 6.07) is 16.9. The van der Waals surface area contributed by atoms with Crippen LogP contribution in [0.1, 0.15) is 60.0 Å².